The molecule has 4 amide bonds. The number of benzene rings is 3. The zero-order chi connectivity index (χ0) is 32.6. The Balaban J connectivity index is 1.51. The molecule has 242 valence electrons. The third-order valence-corrected chi connectivity index (χ3v) is 8.70. The molecule has 2 fully saturated rings. The summed E-state index contributed by atoms with van der Waals surface area (Å²) in [6.07, 6.45) is 1.70. The highest BCUT2D eigenvalue weighted by molar-refractivity contribution is 7.25. The van der Waals surface area contributed by atoms with Gasteiger partial charge < -0.3 is 34.0 Å². The number of para-hydroxylation sites is 1. The Labute approximate surface area is 270 Å². The van der Waals surface area contributed by atoms with E-state index in [0.717, 1.165) is 16.7 Å². The van der Waals surface area contributed by atoms with Gasteiger partial charge in [0, 0.05) is 37.5 Å². The summed E-state index contributed by atoms with van der Waals surface area (Å²) in [5.74, 6) is 1.11. The standard InChI is InChI=1S/C34H39N4O7P/c1-4-9-26-19-31(39)38-28(18-23-14-16-27(17-15-23)45-46-42)33(40)36(21-25-12-8-13-29(43-2)32(25)44-3)22-30(38)37(26)34(41)35-20-24-10-6-5-7-11-24/h4-8,10-17,26,28,30,42,46H,1,9,18-22H2,2-3H3,(H,35,41)/t26-,28+,30-/m1/s1. The van der Waals surface area contributed by atoms with Crippen LogP contribution in [0.1, 0.15) is 29.5 Å². The van der Waals surface area contributed by atoms with Gasteiger partial charge in [-0.15, -0.1) is 6.58 Å². The maximum Gasteiger partial charge on any atom is 0.319 e. The van der Waals surface area contributed by atoms with Crippen LogP contribution in [-0.4, -0.2) is 76.5 Å². The van der Waals surface area contributed by atoms with Crippen molar-refractivity contribution in [3.63, 3.8) is 0 Å². The monoisotopic (exact) mass is 646 g/mol. The molecule has 3 aromatic carbocycles. The molecule has 0 saturated carbocycles. The fourth-order valence-electron chi connectivity index (χ4n) is 6.26. The lowest BCUT2D eigenvalue weighted by Gasteiger charge is -2.54. The van der Waals surface area contributed by atoms with E-state index in [1.807, 2.05) is 42.5 Å². The first-order valence-electron chi connectivity index (χ1n) is 15.0. The Bertz CT molecular complexity index is 1540. The van der Waals surface area contributed by atoms with Gasteiger partial charge in [-0.05, 0) is 35.7 Å². The fourth-order valence-corrected chi connectivity index (χ4v) is 6.50. The highest BCUT2D eigenvalue weighted by Gasteiger charge is 2.51. The van der Waals surface area contributed by atoms with Crippen molar-refractivity contribution in [3.05, 3.63) is 102 Å². The molecule has 46 heavy (non-hydrogen) atoms. The summed E-state index contributed by atoms with van der Waals surface area (Å²) in [5.41, 5.74) is 2.48. The van der Waals surface area contributed by atoms with Crippen molar-refractivity contribution in [2.75, 3.05) is 20.8 Å². The molecule has 0 aromatic heterocycles. The minimum atomic E-state index is -0.872. The molecular weight excluding hydrogens is 607 g/mol. The molecule has 2 heterocycles. The third kappa shape index (κ3) is 7.11. The summed E-state index contributed by atoms with van der Waals surface area (Å²) in [4.78, 5) is 56.3. The number of carbonyl (C=O) groups is 3. The second-order valence-electron chi connectivity index (χ2n) is 11.1. The quantitative estimate of drug-likeness (QED) is 0.223. The van der Waals surface area contributed by atoms with Crippen molar-refractivity contribution >= 4 is 26.9 Å². The number of nitrogens with zero attached hydrogens (tertiary/aromatic N) is 3. The van der Waals surface area contributed by atoms with Crippen LogP contribution in [0, 0.1) is 0 Å². The van der Waals surface area contributed by atoms with Gasteiger partial charge in [0.05, 0.1) is 20.8 Å². The number of methoxy groups -OCH3 is 2. The summed E-state index contributed by atoms with van der Waals surface area (Å²) < 4.78 is 16.3. The van der Waals surface area contributed by atoms with Gasteiger partial charge in [-0.2, -0.15) is 0 Å². The predicted octanol–water partition coefficient (Wildman–Crippen LogP) is 4.25. The number of fused-ring (bicyclic) bond motifs is 1. The van der Waals surface area contributed by atoms with Crippen molar-refractivity contribution in [1.29, 1.82) is 0 Å². The van der Waals surface area contributed by atoms with Gasteiger partial charge >= 0.3 is 6.03 Å². The Morgan fingerprint density at radius 1 is 1.02 bits per heavy atom. The van der Waals surface area contributed by atoms with Gasteiger partial charge in [-0.25, -0.2) is 4.79 Å². The van der Waals surface area contributed by atoms with Crippen LogP contribution in [0.5, 0.6) is 17.2 Å². The Morgan fingerprint density at radius 2 is 1.78 bits per heavy atom. The lowest BCUT2D eigenvalue weighted by molar-refractivity contribution is -0.170. The van der Waals surface area contributed by atoms with Gasteiger partial charge in [0.1, 0.15) is 18.0 Å². The number of hydrogen-bond donors (Lipinski definition) is 2. The van der Waals surface area contributed by atoms with Crippen LogP contribution in [0.25, 0.3) is 0 Å². The summed E-state index contributed by atoms with van der Waals surface area (Å²) in [5, 5.41) is 3.04. The van der Waals surface area contributed by atoms with Crippen LogP contribution < -0.4 is 19.3 Å². The molecule has 2 aliphatic heterocycles. The molecule has 0 bridgehead atoms. The highest BCUT2D eigenvalue weighted by atomic mass is 31.1. The average Bonchev–Trinajstić information content (AvgIpc) is 3.07. The molecule has 2 saturated heterocycles. The molecule has 0 aliphatic carbocycles. The first-order chi connectivity index (χ1) is 22.4. The van der Waals surface area contributed by atoms with Crippen LogP contribution in [0.2, 0.25) is 0 Å². The molecule has 11 nitrogen and oxygen atoms in total. The molecule has 12 heteroatoms. The second-order valence-corrected chi connectivity index (χ2v) is 11.5. The van der Waals surface area contributed by atoms with E-state index in [0.29, 0.717) is 30.2 Å². The fraction of sp³-hybridized carbons (Fsp3) is 0.324. The predicted molar refractivity (Wildman–Crippen MR) is 174 cm³/mol. The highest BCUT2D eigenvalue weighted by Crippen LogP contribution is 2.36. The summed E-state index contributed by atoms with van der Waals surface area (Å²) in [6, 6.07) is 20.5. The Hall–Kier alpha value is -4.60. The van der Waals surface area contributed by atoms with E-state index in [-0.39, 0.29) is 43.8 Å². The van der Waals surface area contributed by atoms with Crippen LogP contribution in [0.3, 0.4) is 0 Å². The Morgan fingerprint density at radius 3 is 2.46 bits per heavy atom. The molecule has 4 atom stereocenters. The molecule has 2 N–H and O–H groups in total. The molecule has 0 spiro atoms. The largest absolute Gasteiger partial charge is 0.493 e. The van der Waals surface area contributed by atoms with Gasteiger partial charge in [-0.1, -0.05) is 60.7 Å². The molecule has 3 aromatic rings. The number of urea groups is 1. The first kappa shape index (κ1) is 32.8. The smallest absolute Gasteiger partial charge is 0.319 e. The van der Waals surface area contributed by atoms with Gasteiger partial charge in [0.2, 0.25) is 20.8 Å². The van der Waals surface area contributed by atoms with Gasteiger partial charge in [-0.3, -0.25) is 14.5 Å². The van der Waals surface area contributed by atoms with Crippen LogP contribution >= 0.6 is 9.03 Å². The van der Waals surface area contributed by atoms with Crippen molar-refractivity contribution in [3.8, 4) is 17.2 Å². The summed E-state index contributed by atoms with van der Waals surface area (Å²) in [7, 11) is 2.41. The average molecular weight is 647 g/mol. The van der Waals surface area contributed by atoms with E-state index in [1.54, 1.807) is 65.3 Å². The second kappa shape index (κ2) is 15.1. The van der Waals surface area contributed by atoms with Crippen molar-refractivity contribution in [2.45, 2.75) is 50.6 Å². The van der Waals surface area contributed by atoms with Crippen molar-refractivity contribution < 1.29 is 33.3 Å². The molecule has 5 rings (SSSR count). The maximum absolute atomic E-state index is 14.3. The zero-order valence-electron chi connectivity index (χ0n) is 25.9. The SMILES string of the molecule is C=CC[C@@H]1CC(=O)N2[C@H](CN(Cc3cccc(OC)c3OC)C(=O)[C@@H]2Cc2ccc(OPO)cc2)N1C(=O)NCc1ccccc1. The van der Waals surface area contributed by atoms with Gasteiger partial charge in [0.15, 0.2) is 11.5 Å². The van der Waals surface area contributed by atoms with E-state index in [4.69, 9.17) is 18.9 Å². The van der Waals surface area contributed by atoms with E-state index >= 15 is 0 Å². The number of hydrogen-bond acceptors (Lipinski definition) is 7. The molecular formula is C34H39N4O7P. The number of ether oxygens (including phenoxy) is 2. The molecule has 1 unspecified atom stereocenters. The van der Waals surface area contributed by atoms with Crippen molar-refractivity contribution in [2.24, 2.45) is 0 Å². The lowest BCUT2D eigenvalue weighted by atomic mass is 9.93. The van der Waals surface area contributed by atoms with Crippen LogP contribution in [0.15, 0.2) is 85.5 Å². The minimum absolute atomic E-state index is 0.0684. The third-order valence-electron chi connectivity index (χ3n) is 8.37. The summed E-state index contributed by atoms with van der Waals surface area (Å²) >= 11 is 0. The molecule has 2 aliphatic rings. The number of nitrogens with one attached hydrogen (secondary N) is 1. The van der Waals surface area contributed by atoms with E-state index in [2.05, 4.69) is 11.9 Å². The topological polar surface area (TPSA) is 121 Å². The van der Waals surface area contributed by atoms with E-state index < -0.39 is 27.3 Å². The Kier molecular flexibility index (Phi) is 10.8. The number of rotatable bonds is 12. The van der Waals surface area contributed by atoms with E-state index in [1.165, 1.54) is 0 Å². The van der Waals surface area contributed by atoms with Crippen LogP contribution in [0.4, 0.5) is 4.79 Å². The van der Waals surface area contributed by atoms with Crippen LogP contribution in [-0.2, 0) is 29.1 Å². The summed E-state index contributed by atoms with van der Waals surface area (Å²) in [6.45, 7) is 4.49. The minimum Gasteiger partial charge on any atom is -0.493 e. The number of piperazine rings is 1. The number of carbonyl (C=O) groups excluding carboxylic acids is 3. The van der Waals surface area contributed by atoms with Crippen molar-refractivity contribution in [1.82, 2.24) is 20.0 Å². The molecule has 0 radical (unpaired) electrons. The maximum atomic E-state index is 14.3. The zero-order valence-corrected chi connectivity index (χ0v) is 26.9. The normalized spacial score (nSPS) is 19.6. The van der Waals surface area contributed by atoms with Gasteiger partial charge in [0.25, 0.3) is 0 Å². The number of amides is 4. The first-order valence-corrected chi connectivity index (χ1v) is 15.9. The lowest BCUT2D eigenvalue weighted by Crippen LogP contribution is -2.74. The van der Waals surface area contributed by atoms with E-state index in [9.17, 15) is 14.4 Å².